The lowest BCUT2D eigenvalue weighted by Gasteiger charge is -2.33. The highest BCUT2D eigenvalue weighted by Gasteiger charge is 2.42. The molecule has 1 N–H and O–H groups in total. The van der Waals surface area contributed by atoms with Crippen molar-refractivity contribution in [2.24, 2.45) is 17.8 Å². The highest BCUT2D eigenvalue weighted by molar-refractivity contribution is 5.74. The summed E-state index contributed by atoms with van der Waals surface area (Å²) in [6.07, 6.45) is 7.23. The van der Waals surface area contributed by atoms with E-state index in [1.165, 1.54) is 19.3 Å². The van der Waals surface area contributed by atoms with Crippen LogP contribution in [0.5, 0.6) is 0 Å². The summed E-state index contributed by atoms with van der Waals surface area (Å²) in [5.41, 5.74) is 0.633. The average molecular weight is 274 g/mol. The van der Waals surface area contributed by atoms with Gasteiger partial charge in [0.1, 0.15) is 5.82 Å². The number of pyridine rings is 1. The Morgan fingerprint density at radius 1 is 1.35 bits per heavy atom. The minimum Gasteiger partial charge on any atom is -0.396 e. The molecule has 4 heteroatoms. The molecule has 0 aromatic carbocycles. The Bertz CT molecular complexity index is 452. The number of hydrogen-bond acceptors (Lipinski definition) is 4. The van der Waals surface area contributed by atoms with Crippen molar-refractivity contribution in [3.05, 3.63) is 23.9 Å². The number of nitrogens with zero attached hydrogens (tertiary/aromatic N) is 2. The lowest BCUT2D eigenvalue weighted by atomic mass is 9.90. The maximum absolute atomic E-state index is 10.6. The van der Waals surface area contributed by atoms with Gasteiger partial charge in [0.25, 0.3) is 0 Å². The summed E-state index contributed by atoms with van der Waals surface area (Å²) in [6, 6.07) is 3.77. The molecular weight excluding hydrogens is 252 g/mol. The summed E-state index contributed by atoms with van der Waals surface area (Å²) in [4.78, 5) is 17.3. The van der Waals surface area contributed by atoms with Gasteiger partial charge in [-0.1, -0.05) is 0 Å². The number of piperidine rings is 1. The predicted molar refractivity (Wildman–Crippen MR) is 77.9 cm³/mol. The minimum absolute atomic E-state index is 0.340. The third kappa shape index (κ3) is 2.85. The van der Waals surface area contributed by atoms with Gasteiger partial charge in [0, 0.05) is 31.5 Å². The van der Waals surface area contributed by atoms with E-state index in [2.05, 4.69) is 9.88 Å². The second kappa shape index (κ2) is 5.92. The molecule has 2 fully saturated rings. The van der Waals surface area contributed by atoms with E-state index in [1.807, 2.05) is 12.1 Å². The normalized spacial score (nSPS) is 26.6. The summed E-state index contributed by atoms with van der Waals surface area (Å²) in [7, 11) is 0. The molecule has 0 radical (unpaired) electrons. The van der Waals surface area contributed by atoms with Gasteiger partial charge >= 0.3 is 0 Å². The fourth-order valence-corrected chi connectivity index (χ4v) is 3.56. The molecule has 2 heterocycles. The molecule has 3 rings (SSSR count). The maximum Gasteiger partial charge on any atom is 0.151 e. The van der Waals surface area contributed by atoms with Crippen LogP contribution in [0.2, 0.25) is 0 Å². The van der Waals surface area contributed by atoms with E-state index < -0.39 is 0 Å². The first kappa shape index (κ1) is 13.6. The molecule has 1 aromatic rings. The summed E-state index contributed by atoms with van der Waals surface area (Å²) in [6.45, 7) is 2.45. The largest absolute Gasteiger partial charge is 0.396 e. The number of aldehydes is 1. The number of anilines is 1. The molecule has 1 aliphatic heterocycles. The van der Waals surface area contributed by atoms with Crippen LogP contribution >= 0.6 is 0 Å². The smallest absolute Gasteiger partial charge is 0.151 e. The molecule has 2 atom stereocenters. The van der Waals surface area contributed by atoms with Crippen molar-refractivity contribution in [3.63, 3.8) is 0 Å². The van der Waals surface area contributed by atoms with Gasteiger partial charge in [-0.25, -0.2) is 4.98 Å². The number of hydrogen-bond donors (Lipinski definition) is 1. The van der Waals surface area contributed by atoms with Gasteiger partial charge in [-0.15, -0.1) is 0 Å². The summed E-state index contributed by atoms with van der Waals surface area (Å²) in [5.74, 6) is 3.45. The van der Waals surface area contributed by atoms with Gasteiger partial charge in [-0.3, -0.25) is 4.79 Å². The van der Waals surface area contributed by atoms with E-state index in [4.69, 9.17) is 5.11 Å². The van der Waals surface area contributed by atoms with Crippen molar-refractivity contribution in [3.8, 4) is 0 Å². The van der Waals surface area contributed by atoms with Crippen molar-refractivity contribution in [2.45, 2.75) is 25.7 Å². The standard InChI is InChI=1S/C16H22N2O2/c19-8-5-14-9-15(14)13-3-6-18(7-4-13)16-2-1-12(11-20)10-17-16/h1-2,10-11,13-15,19H,3-9H2. The molecule has 20 heavy (non-hydrogen) atoms. The van der Waals surface area contributed by atoms with Crippen molar-refractivity contribution >= 4 is 12.1 Å². The number of rotatable bonds is 5. The molecule has 1 saturated carbocycles. The molecule has 1 saturated heterocycles. The topological polar surface area (TPSA) is 53.4 Å². The van der Waals surface area contributed by atoms with E-state index >= 15 is 0 Å². The Morgan fingerprint density at radius 2 is 2.15 bits per heavy atom. The molecular formula is C16H22N2O2. The lowest BCUT2D eigenvalue weighted by Crippen LogP contribution is -2.35. The van der Waals surface area contributed by atoms with Gasteiger partial charge in [-0.2, -0.15) is 0 Å². The van der Waals surface area contributed by atoms with Crippen LogP contribution in [0.1, 0.15) is 36.0 Å². The number of aliphatic hydroxyl groups excluding tert-OH is 1. The zero-order chi connectivity index (χ0) is 13.9. The van der Waals surface area contributed by atoms with Crippen molar-refractivity contribution in [1.29, 1.82) is 0 Å². The zero-order valence-electron chi connectivity index (χ0n) is 11.7. The Hall–Kier alpha value is -1.42. The molecule has 2 aliphatic rings. The van der Waals surface area contributed by atoms with Crippen LogP contribution in [0.25, 0.3) is 0 Å². The second-order valence-electron chi connectivity index (χ2n) is 6.06. The highest BCUT2D eigenvalue weighted by atomic mass is 16.3. The molecule has 1 aromatic heterocycles. The molecule has 2 unspecified atom stereocenters. The van der Waals surface area contributed by atoms with Crippen molar-refractivity contribution in [1.82, 2.24) is 4.98 Å². The van der Waals surface area contributed by atoms with Crippen molar-refractivity contribution < 1.29 is 9.90 Å². The summed E-state index contributed by atoms with van der Waals surface area (Å²) in [5, 5.41) is 8.98. The van der Waals surface area contributed by atoms with E-state index in [1.54, 1.807) is 6.20 Å². The Kier molecular flexibility index (Phi) is 4.01. The van der Waals surface area contributed by atoms with E-state index in [0.29, 0.717) is 12.2 Å². The second-order valence-corrected chi connectivity index (χ2v) is 6.06. The molecule has 4 nitrogen and oxygen atoms in total. The number of carbonyl (C=O) groups excluding carboxylic acids is 1. The Morgan fingerprint density at radius 3 is 2.75 bits per heavy atom. The van der Waals surface area contributed by atoms with Crippen LogP contribution in [0.3, 0.4) is 0 Å². The van der Waals surface area contributed by atoms with Gasteiger partial charge in [0.05, 0.1) is 0 Å². The predicted octanol–water partition coefficient (Wildman–Crippen LogP) is 2.13. The number of aromatic nitrogens is 1. The summed E-state index contributed by atoms with van der Waals surface area (Å²) >= 11 is 0. The Balaban J connectivity index is 1.52. The monoisotopic (exact) mass is 274 g/mol. The summed E-state index contributed by atoms with van der Waals surface area (Å²) < 4.78 is 0. The third-order valence-corrected chi connectivity index (χ3v) is 4.85. The molecule has 0 amide bonds. The molecule has 0 spiro atoms. The first-order valence-corrected chi connectivity index (χ1v) is 7.59. The number of carbonyl (C=O) groups is 1. The van der Waals surface area contributed by atoms with Crippen LogP contribution in [0, 0.1) is 17.8 Å². The SMILES string of the molecule is O=Cc1ccc(N2CCC(C3CC3CCO)CC2)nc1. The first-order chi connectivity index (χ1) is 9.81. The third-order valence-electron chi connectivity index (χ3n) is 4.85. The lowest BCUT2D eigenvalue weighted by molar-refractivity contribution is 0.112. The van der Waals surface area contributed by atoms with E-state index in [0.717, 1.165) is 49.4 Å². The Labute approximate surface area is 119 Å². The zero-order valence-corrected chi connectivity index (χ0v) is 11.7. The highest BCUT2D eigenvalue weighted by Crippen LogP contribution is 2.49. The van der Waals surface area contributed by atoms with Crippen LogP contribution < -0.4 is 4.90 Å². The first-order valence-electron chi connectivity index (χ1n) is 7.59. The van der Waals surface area contributed by atoms with Crippen LogP contribution in [-0.2, 0) is 0 Å². The van der Waals surface area contributed by atoms with Gasteiger partial charge in [-0.05, 0) is 55.6 Å². The van der Waals surface area contributed by atoms with E-state index in [9.17, 15) is 4.79 Å². The van der Waals surface area contributed by atoms with Gasteiger partial charge < -0.3 is 10.0 Å². The maximum atomic E-state index is 10.6. The molecule has 0 bridgehead atoms. The minimum atomic E-state index is 0.340. The van der Waals surface area contributed by atoms with Crippen LogP contribution in [0.4, 0.5) is 5.82 Å². The van der Waals surface area contributed by atoms with E-state index in [-0.39, 0.29) is 0 Å². The number of aliphatic hydroxyl groups is 1. The average Bonchev–Trinajstić information content (AvgIpc) is 3.27. The fraction of sp³-hybridized carbons (Fsp3) is 0.625. The van der Waals surface area contributed by atoms with Crippen LogP contribution in [-0.4, -0.2) is 36.1 Å². The van der Waals surface area contributed by atoms with Gasteiger partial charge in [0.2, 0.25) is 0 Å². The van der Waals surface area contributed by atoms with Crippen molar-refractivity contribution in [2.75, 3.05) is 24.6 Å². The van der Waals surface area contributed by atoms with Gasteiger partial charge in [0.15, 0.2) is 6.29 Å². The molecule has 1 aliphatic carbocycles. The molecule has 108 valence electrons. The van der Waals surface area contributed by atoms with Crippen LogP contribution in [0.15, 0.2) is 18.3 Å². The fourth-order valence-electron chi connectivity index (χ4n) is 3.56. The quantitative estimate of drug-likeness (QED) is 0.836.